The van der Waals surface area contributed by atoms with Crippen molar-refractivity contribution in [2.24, 2.45) is 0 Å². The van der Waals surface area contributed by atoms with E-state index in [4.69, 9.17) is 28.6 Å². The van der Waals surface area contributed by atoms with E-state index in [0.29, 0.717) is 28.5 Å². The monoisotopic (exact) mass is 320 g/mol. The quantitative estimate of drug-likeness (QED) is 0.642. The van der Waals surface area contributed by atoms with Crippen LogP contribution in [0, 0.1) is 5.41 Å². The summed E-state index contributed by atoms with van der Waals surface area (Å²) >= 11 is 11.8. The summed E-state index contributed by atoms with van der Waals surface area (Å²) in [5.74, 6) is -0.0441. The topological polar surface area (TPSA) is 70.0 Å². The fourth-order valence-corrected chi connectivity index (χ4v) is 2.69. The molecular formula is C12H14Cl2N2O2S. The Kier molecular flexibility index (Phi) is 5.85. The lowest BCUT2D eigenvalue weighted by Crippen LogP contribution is -2.27. The van der Waals surface area contributed by atoms with E-state index in [0.717, 1.165) is 5.41 Å². The lowest BCUT2D eigenvalue weighted by molar-refractivity contribution is 0.601. The molecule has 104 valence electrons. The summed E-state index contributed by atoms with van der Waals surface area (Å²) in [6, 6.07) is 4.91. The zero-order valence-electron chi connectivity index (χ0n) is 10.3. The second-order valence-corrected chi connectivity index (χ2v) is 6.19. The molecule has 1 rings (SSSR count). The predicted octanol–water partition coefficient (Wildman–Crippen LogP) is 3.66. The van der Waals surface area contributed by atoms with Crippen molar-refractivity contribution in [3.05, 3.63) is 39.2 Å². The van der Waals surface area contributed by atoms with Crippen LogP contribution in [0.4, 0.5) is 0 Å². The Morgan fingerprint density at radius 2 is 1.95 bits per heavy atom. The highest BCUT2D eigenvalue weighted by molar-refractivity contribution is 7.93. The van der Waals surface area contributed by atoms with Gasteiger partial charge >= 0.3 is 0 Å². The number of hydrogen-bond donors (Lipinski definition) is 2. The number of halogens is 2. The summed E-state index contributed by atoms with van der Waals surface area (Å²) in [6.07, 6.45) is 2.38. The van der Waals surface area contributed by atoms with Crippen LogP contribution in [-0.4, -0.2) is 14.3 Å². The third-order valence-electron chi connectivity index (χ3n) is 2.18. The standard InChI is InChI=1S/C12H14Cl2N2O2S/c1-2-4-12(15)16-19(17,18)8-7-9-10(13)5-3-6-11(9)14/h3,5-8H,2,4H2,1H3,(H2,15,16)/b8-7+. The highest BCUT2D eigenvalue weighted by Gasteiger charge is 2.08. The van der Waals surface area contributed by atoms with Gasteiger partial charge in [-0.2, -0.15) is 0 Å². The summed E-state index contributed by atoms with van der Waals surface area (Å²) in [6.45, 7) is 1.86. The molecular weight excluding hydrogens is 307 g/mol. The van der Waals surface area contributed by atoms with E-state index in [1.165, 1.54) is 6.08 Å². The lowest BCUT2D eigenvalue weighted by atomic mass is 10.2. The Balaban J connectivity index is 2.89. The van der Waals surface area contributed by atoms with Crippen LogP contribution < -0.4 is 4.72 Å². The van der Waals surface area contributed by atoms with E-state index >= 15 is 0 Å². The van der Waals surface area contributed by atoms with Crippen molar-refractivity contribution in [3.63, 3.8) is 0 Å². The van der Waals surface area contributed by atoms with Gasteiger partial charge in [-0.3, -0.25) is 10.1 Å². The average molecular weight is 321 g/mol. The van der Waals surface area contributed by atoms with Gasteiger partial charge in [-0.1, -0.05) is 36.2 Å². The number of nitrogens with one attached hydrogen (secondary N) is 2. The maximum Gasteiger partial charge on any atom is 0.255 e. The van der Waals surface area contributed by atoms with Crippen LogP contribution in [0.5, 0.6) is 0 Å². The van der Waals surface area contributed by atoms with Crippen molar-refractivity contribution in [3.8, 4) is 0 Å². The number of amidine groups is 1. The molecule has 7 heteroatoms. The summed E-state index contributed by atoms with van der Waals surface area (Å²) in [5.41, 5.74) is 0.429. The van der Waals surface area contributed by atoms with Gasteiger partial charge in [0, 0.05) is 22.0 Å². The molecule has 0 aromatic heterocycles. The molecule has 0 radical (unpaired) electrons. The molecule has 0 saturated carbocycles. The molecule has 0 saturated heterocycles. The first-order valence-corrected chi connectivity index (χ1v) is 7.88. The van der Waals surface area contributed by atoms with Crippen molar-refractivity contribution >= 4 is 45.1 Å². The van der Waals surface area contributed by atoms with Gasteiger partial charge in [-0.05, 0) is 24.6 Å². The highest BCUT2D eigenvalue weighted by Crippen LogP contribution is 2.25. The lowest BCUT2D eigenvalue weighted by Gasteiger charge is -2.05. The van der Waals surface area contributed by atoms with Crippen LogP contribution in [0.15, 0.2) is 23.6 Å². The largest absolute Gasteiger partial charge is 0.288 e. The first-order valence-electron chi connectivity index (χ1n) is 5.58. The Hall–Kier alpha value is -1.04. The van der Waals surface area contributed by atoms with Crippen LogP contribution in [0.1, 0.15) is 25.3 Å². The molecule has 1 aromatic carbocycles. The Bertz CT molecular complexity index is 577. The Morgan fingerprint density at radius 3 is 2.47 bits per heavy atom. The van der Waals surface area contributed by atoms with Crippen molar-refractivity contribution in [1.29, 1.82) is 5.41 Å². The second-order valence-electron chi connectivity index (χ2n) is 3.81. The predicted molar refractivity (Wildman–Crippen MR) is 80.2 cm³/mol. The summed E-state index contributed by atoms with van der Waals surface area (Å²) < 4.78 is 25.5. The maximum absolute atomic E-state index is 11.7. The molecule has 4 nitrogen and oxygen atoms in total. The van der Waals surface area contributed by atoms with E-state index in [1.54, 1.807) is 18.2 Å². The van der Waals surface area contributed by atoms with Gasteiger partial charge in [-0.15, -0.1) is 0 Å². The van der Waals surface area contributed by atoms with Gasteiger partial charge in [0.1, 0.15) is 5.84 Å². The zero-order chi connectivity index (χ0) is 14.5. The van der Waals surface area contributed by atoms with Crippen LogP contribution in [0.25, 0.3) is 6.08 Å². The minimum absolute atomic E-state index is 0.0441. The fraction of sp³-hybridized carbons (Fsp3) is 0.250. The molecule has 0 heterocycles. The fourth-order valence-electron chi connectivity index (χ4n) is 1.33. The van der Waals surface area contributed by atoms with Gasteiger partial charge in [0.2, 0.25) is 0 Å². The number of benzene rings is 1. The van der Waals surface area contributed by atoms with E-state index in [1.807, 2.05) is 6.92 Å². The van der Waals surface area contributed by atoms with Gasteiger partial charge < -0.3 is 0 Å². The van der Waals surface area contributed by atoms with Crippen molar-refractivity contribution in [2.75, 3.05) is 0 Å². The van der Waals surface area contributed by atoms with E-state index in [2.05, 4.69) is 4.72 Å². The molecule has 0 aliphatic carbocycles. The maximum atomic E-state index is 11.7. The second kappa shape index (κ2) is 6.93. The zero-order valence-corrected chi connectivity index (χ0v) is 12.6. The molecule has 1 aromatic rings. The summed E-state index contributed by atoms with van der Waals surface area (Å²) in [7, 11) is -3.71. The molecule has 19 heavy (non-hydrogen) atoms. The summed E-state index contributed by atoms with van der Waals surface area (Å²) in [4.78, 5) is 0. The molecule has 2 N–H and O–H groups in total. The van der Waals surface area contributed by atoms with Gasteiger partial charge in [0.25, 0.3) is 10.0 Å². The van der Waals surface area contributed by atoms with Gasteiger partial charge in [-0.25, -0.2) is 8.42 Å². The van der Waals surface area contributed by atoms with Crippen LogP contribution in [0.3, 0.4) is 0 Å². The first-order chi connectivity index (χ1) is 8.85. The minimum atomic E-state index is -3.71. The smallest absolute Gasteiger partial charge is 0.255 e. The molecule has 0 aliphatic rings. The van der Waals surface area contributed by atoms with Gasteiger partial charge in [0.05, 0.1) is 5.41 Å². The first kappa shape index (κ1) is 16.0. The molecule has 0 atom stereocenters. The summed E-state index contributed by atoms with van der Waals surface area (Å²) in [5, 5.41) is 9.11. The molecule has 0 unspecified atom stereocenters. The third kappa shape index (κ3) is 5.22. The van der Waals surface area contributed by atoms with E-state index in [9.17, 15) is 8.42 Å². The number of rotatable bonds is 5. The average Bonchev–Trinajstić information content (AvgIpc) is 2.27. The highest BCUT2D eigenvalue weighted by atomic mass is 35.5. The van der Waals surface area contributed by atoms with E-state index < -0.39 is 10.0 Å². The number of hydrogen-bond acceptors (Lipinski definition) is 3. The van der Waals surface area contributed by atoms with Crippen molar-refractivity contribution < 1.29 is 8.42 Å². The molecule has 0 spiro atoms. The van der Waals surface area contributed by atoms with Gasteiger partial charge in [0.15, 0.2) is 0 Å². The SMILES string of the molecule is CCCC(=N)NS(=O)(=O)/C=C/c1c(Cl)cccc1Cl. The number of sulfonamides is 1. The van der Waals surface area contributed by atoms with Crippen LogP contribution in [-0.2, 0) is 10.0 Å². The Labute approximate surface area is 123 Å². The molecule has 0 aliphatic heterocycles. The molecule has 0 amide bonds. The van der Waals surface area contributed by atoms with Crippen molar-refractivity contribution in [1.82, 2.24) is 4.72 Å². The van der Waals surface area contributed by atoms with Crippen LogP contribution in [0.2, 0.25) is 10.0 Å². The normalized spacial score (nSPS) is 11.7. The molecule has 0 fully saturated rings. The third-order valence-corrected chi connectivity index (χ3v) is 3.86. The van der Waals surface area contributed by atoms with Crippen molar-refractivity contribution in [2.45, 2.75) is 19.8 Å². The van der Waals surface area contributed by atoms with Crippen LogP contribution >= 0.6 is 23.2 Å². The van der Waals surface area contributed by atoms with E-state index in [-0.39, 0.29) is 5.84 Å². The molecule has 0 bridgehead atoms. The Morgan fingerprint density at radius 1 is 1.37 bits per heavy atom. The minimum Gasteiger partial charge on any atom is -0.288 e.